The number of fused-ring (bicyclic) bond motifs is 3. The highest BCUT2D eigenvalue weighted by molar-refractivity contribution is 6.32. The maximum absolute atomic E-state index is 13.9. The van der Waals surface area contributed by atoms with E-state index in [1.54, 1.807) is 26.2 Å². The SMILES string of the molecule is CC1c2ccc(C(C)(C)C)c(O)c2C(=O)C2C(=O)C3(O)C(=O)C(C(N)=O)C(=O)C(N(C)C)C3CC21. The Balaban J connectivity index is 1.91. The molecule has 0 spiro atoms. The third-order valence-corrected chi connectivity index (χ3v) is 8.26. The summed E-state index contributed by atoms with van der Waals surface area (Å²) in [6, 6.07) is 2.44. The second-order valence-electron chi connectivity index (χ2n) is 11.5. The Morgan fingerprint density at radius 1 is 1.11 bits per heavy atom. The summed E-state index contributed by atoms with van der Waals surface area (Å²) in [6.07, 6.45) is 0.0346. The van der Waals surface area contributed by atoms with Crippen LogP contribution in [0.4, 0.5) is 0 Å². The number of aromatic hydroxyl groups is 1. The number of amides is 1. The average Bonchev–Trinajstić information content (AvgIpc) is 2.72. The summed E-state index contributed by atoms with van der Waals surface area (Å²) in [4.78, 5) is 67.6. The molecule has 1 aromatic rings. The number of aliphatic hydroxyl groups is 1. The van der Waals surface area contributed by atoms with Gasteiger partial charge < -0.3 is 15.9 Å². The summed E-state index contributed by atoms with van der Waals surface area (Å²) in [5.74, 6) is -10.6. The van der Waals surface area contributed by atoms with Gasteiger partial charge in [0.15, 0.2) is 34.7 Å². The Morgan fingerprint density at radius 2 is 1.71 bits per heavy atom. The van der Waals surface area contributed by atoms with E-state index in [0.717, 1.165) is 0 Å². The minimum atomic E-state index is -2.71. The molecule has 0 heterocycles. The largest absolute Gasteiger partial charge is 0.507 e. The minimum absolute atomic E-state index is 0.0246. The highest BCUT2D eigenvalue weighted by atomic mass is 16.3. The lowest BCUT2D eigenvalue weighted by Gasteiger charge is -2.53. The van der Waals surface area contributed by atoms with Crippen LogP contribution in [0.2, 0.25) is 0 Å². The van der Waals surface area contributed by atoms with Gasteiger partial charge in [0.05, 0.1) is 17.5 Å². The number of benzene rings is 1. The quantitative estimate of drug-likeness (QED) is 0.519. The number of nitrogens with zero attached hydrogens (tertiary/aromatic N) is 1. The molecule has 1 aromatic carbocycles. The van der Waals surface area contributed by atoms with Crippen LogP contribution in [0.3, 0.4) is 0 Å². The zero-order chi connectivity index (χ0) is 26.4. The molecule has 0 bridgehead atoms. The Labute approximate surface area is 203 Å². The standard InChI is InChI=1S/C26H32N2O7/c1-10-11-7-8-13(25(2,3)4)19(29)15(11)20(30)16-12(10)9-14-18(28(5)6)21(31)17(24(27)34)23(33)26(14,35)22(16)32/h7-8,10,12,14,16-18,29,35H,9H2,1-6H3,(H2,27,34). The van der Waals surface area contributed by atoms with E-state index in [9.17, 15) is 34.2 Å². The van der Waals surface area contributed by atoms with Crippen LogP contribution in [0.25, 0.3) is 0 Å². The van der Waals surface area contributed by atoms with E-state index in [-0.39, 0.29) is 23.7 Å². The van der Waals surface area contributed by atoms with Gasteiger partial charge in [-0.2, -0.15) is 0 Å². The van der Waals surface area contributed by atoms with E-state index >= 15 is 0 Å². The summed E-state index contributed by atoms with van der Waals surface area (Å²) >= 11 is 0. The maximum Gasteiger partial charge on any atom is 0.235 e. The first-order chi connectivity index (χ1) is 16.1. The van der Waals surface area contributed by atoms with Crippen LogP contribution in [0.1, 0.15) is 61.5 Å². The third-order valence-electron chi connectivity index (χ3n) is 8.26. The predicted octanol–water partition coefficient (Wildman–Crippen LogP) is 0.726. The fourth-order valence-electron chi connectivity index (χ4n) is 6.52. The molecule has 0 saturated heterocycles. The smallest absolute Gasteiger partial charge is 0.235 e. The topological polar surface area (TPSA) is 155 Å². The fourth-order valence-corrected chi connectivity index (χ4v) is 6.52. The summed E-state index contributed by atoms with van der Waals surface area (Å²) in [5.41, 5.74) is 3.29. The fraction of sp³-hybridized carbons (Fsp3) is 0.577. The molecule has 1 amide bonds. The van der Waals surface area contributed by atoms with Crippen molar-refractivity contribution < 1.29 is 34.2 Å². The van der Waals surface area contributed by atoms with E-state index in [1.807, 2.05) is 27.7 Å². The molecule has 2 fully saturated rings. The van der Waals surface area contributed by atoms with Crippen LogP contribution in [-0.2, 0) is 24.6 Å². The van der Waals surface area contributed by atoms with Gasteiger partial charge in [0.25, 0.3) is 0 Å². The number of hydrogen-bond donors (Lipinski definition) is 3. The summed E-state index contributed by atoms with van der Waals surface area (Å²) in [5, 5.41) is 22.7. The van der Waals surface area contributed by atoms with Gasteiger partial charge >= 0.3 is 0 Å². The van der Waals surface area contributed by atoms with Crippen molar-refractivity contribution in [3.05, 3.63) is 28.8 Å². The van der Waals surface area contributed by atoms with E-state index in [4.69, 9.17) is 5.73 Å². The first-order valence-electron chi connectivity index (χ1n) is 11.8. The number of phenolic OH excluding ortho intramolecular Hbond substituents is 1. The number of nitrogens with two attached hydrogens (primary N) is 1. The molecule has 4 N–H and O–H groups in total. The molecule has 0 aromatic heterocycles. The Kier molecular flexibility index (Phi) is 5.61. The number of rotatable bonds is 2. The van der Waals surface area contributed by atoms with Crippen LogP contribution < -0.4 is 5.73 Å². The van der Waals surface area contributed by atoms with Crippen molar-refractivity contribution in [2.24, 2.45) is 29.4 Å². The van der Waals surface area contributed by atoms with E-state index in [2.05, 4.69) is 0 Å². The second kappa shape index (κ2) is 7.80. The molecule has 35 heavy (non-hydrogen) atoms. The summed E-state index contributed by atoms with van der Waals surface area (Å²) in [6.45, 7) is 7.49. The Morgan fingerprint density at radius 3 is 2.23 bits per heavy atom. The van der Waals surface area contributed by atoms with Gasteiger partial charge in [-0.15, -0.1) is 0 Å². The number of primary amides is 1. The van der Waals surface area contributed by atoms with Crippen molar-refractivity contribution in [1.82, 2.24) is 4.90 Å². The number of phenols is 1. The molecule has 7 unspecified atom stereocenters. The lowest BCUT2D eigenvalue weighted by atomic mass is 9.50. The number of carbonyl (C=O) groups excluding carboxylic acids is 5. The molecule has 9 heteroatoms. The highest BCUT2D eigenvalue weighted by Gasteiger charge is 2.69. The molecular formula is C26H32N2O7. The van der Waals surface area contributed by atoms with Gasteiger partial charge in [0, 0.05) is 5.92 Å². The van der Waals surface area contributed by atoms with Crippen LogP contribution in [0, 0.1) is 23.7 Å². The van der Waals surface area contributed by atoms with Crippen molar-refractivity contribution in [1.29, 1.82) is 0 Å². The normalized spacial score (nSPS) is 35.0. The Hall–Kier alpha value is -2.91. The molecular weight excluding hydrogens is 452 g/mol. The van der Waals surface area contributed by atoms with Crippen molar-refractivity contribution >= 4 is 29.0 Å². The number of ketones is 4. The zero-order valence-electron chi connectivity index (χ0n) is 20.8. The second-order valence-corrected chi connectivity index (χ2v) is 11.5. The van der Waals surface area contributed by atoms with Gasteiger partial charge in [-0.25, -0.2) is 0 Å². The lowest BCUT2D eigenvalue weighted by molar-refractivity contribution is -0.181. The monoisotopic (exact) mass is 484 g/mol. The molecule has 9 nitrogen and oxygen atoms in total. The van der Waals surface area contributed by atoms with Gasteiger partial charge in [-0.05, 0) is 48.9 Å². The molecule has 3 aliphatic rings. The third kappa shape index (κ3) is 3.24. The Bertz CT molecular complexity index is 1180. The van der Waals surface area contributed by atoms with Crippen LogP contribution in [0.5, 0.6) is 5.75 Å². The molecule has 3 aliphatic carbocycles. The zero-order valence-corrected chi connectivity index (χ0v) is 20.8. The molecule has 0 aliphatic heterocycles. The number of likely N-dealkylation sites (N-methyl/N-ethyl adjacent to an activating group) is 1. The van der Waals surface area contributed by atoms with E-state index in [1.165, 1.54) is 4.90 Å². The van der Waals surface area contributed by atoms with Crippen LogP contribution >= 0.6 is 0 Å². The first kappa shape index (κ1) is 25.2. The summed E-state index contributed by atoms with van der Waals surface area (Å²) in [7, 11) is 3.12. The van der Waals surface area contributed by atoms with Gasteiger partial charge in [-0.3, -0.25) is 28.9 Å². The van der Waals surface area contributed by atoms with Crippen molar-refractivity contribution in [2.75, 3.05) is 14.1 Å². The summed E-state index contributed by atoms with van der Waals surface area (Å²) < 4.78 is 0. The predicted molar refractivity (Wildman–Crippen MR) is 125 cm³/mol. The number of hydrogen-bond acceptors (Lipinski definition) is 8. The molecule has 0 radical (unpaired) electrons. The molecule has 188 valence electrons. The van der Waals surface area contributed by atoms with Crippen molar-refractivity contribution in [3.63, 3.8) is 0 Å². The maximum atomic E-state index is 13.9. The molecule has 7 atom stereocenters. The van der Waals surface area contributed by atoms with Gasteiger partial charge in [0.1, 0.15) is 5.75 Å². The number of carbonyl (C=O) groups is 5. The van der Waals surface area contributed by atoms with Gasteiger partial charge in [-0.1, -0.05) is 39.8 Å². The van der Waals surface area contributed by atoms with Crippen molar-refractivity contribution in [3.8, 4) is 5.75 Å². The number of Topliss-reactive ketones (excluding diaryl/α,β-unsaturated/α-hetero) is 4. The van der Waals surface area contributed by atoms with Gasteiger partial charge in [0.2, 0.25) is 5.91 Å². The first-order valence-corrected chi connectivity index (χ1v) is 11.8. The van der Waals surface area contributed by atoms with E-state index < -0.39 is 69.8 Å². The lowest BCUT2D eigenvalue weighted by Crippen LogP contribution is -2.74. The highest BCUT2D eigenvalue weighted by Crippen LogP contribution is 2.55. The molecule has 4 rings (SSSR count). The average molecular weight is 485 g/mol. The minimum Gasteiger partial charge on any atom is -0.507 e. The van der Waals surface area contributed by atoms with Crippen LogP contribution in [-0.4, -0.2) is 69.9 Å². The molecule has 2 saturated carbocycles. The van der Waals surface area contributed by atoms with Crippen LogP contribution in [0.15, 0.2) is 12.1 Å². The van der Waals surface area contributed by atoms with Crippen molar-refractivity contribution in [2.45, 2.75) is 57.1 Å². The van der Waals surface area contributed by atoms with E-state index in [0.29, 0.717) is 11.1 Å².